The van der Waals surface area contributed by atoms with Gasteiger partial charge in [0.15, 0.2) is 6.10 Å². The Morgan fingerprint density at radius 3 is 2.33 bits per heavy atom. The number of hydrogen-bond acceptors (Lipinski definition) is 5. The van der Waals surface area contributed by atoms with Crippen molar-refractivity contribution < 1.29 is 19.5 Å². The zero-order valence-corrected chi connectivity index (χ0v) is 26.3. The number of carbonyl (C=O) groups is 3. The average Bonchev–Trinajstić information content (AvgIpc) is 3.33. The van der Waals surface area contributed by atoms with Gasteiger partial charge in [0.1, 0.15) is 6.04 Å². The largest absolute Gasteiger partial charge is 0.381 e. The van der Waals surface area contributed by atoms with Gasteiger partial charge in [0, 0.05) is 16.9 Å². The van der Waals surface area contributed by atoms with Crippen LogP contribution in [0.25, 0.3) is 0 Å². The summed E-state index contributed by atoms with van der Waals surface area (Å²) in [5, 5.41) is 17.4. The number of aryl methyl sites for hydroxylation is 2. The first-order chi connectivity index (χ1) is 20.6. The number of benzene rings is 3. The molecule has 3 aromatic carbocycles. The highest BCUT2D eigenvalue weighted by molar-refractivity contribution is 8.00. The summed E-state index contributed by atoms with van der Waals surface area (Å²) in [6.45, 7) is 8.34. The normalized spacial score (nSPS) is 17.2. The standard InChI is InChI=1S/C35H43N3O4S/c1-5-6-13-25-17-19-27(20-18-25)32(40)37-29(21-26-14-8-7-9-15-26)30(39)34(42)38-23-43-35(3,4)31(38)33(41)36-22-28-16-11-10-12-24(28)2/h7-12,14-20,29-31,39H,5-6,13,21-23H2,1-4H3,(H,36,41)(H,37,40)/t29-,30-,31+/m0/s1. The van der Waals surface area contributed by atoms with Gasteiger partial charge in [-0.3, -0.25) is 14.4 Å². The molecule has 1 aliphatic rings. The van der Waals surface area contributed by atoms with Crippen LogP contribution in [-0.4, -0.2) is 56.5 Å². The lowest BCUT2D eigenvalue weighted by Crippen LogP contribution is -2.58. The maximum Gasteiger partial charge on any atom is 0.254 e. The predicted octanol–water partition coefficient (Wildman–Crippen LogP) is 5.04. The number of amides is 3. The van der Waals surface area contributed by atoms with Crippen molar-refractivity contribution in [3.05, 3.63) is 107 Å². The predicted molar refractivity (Wildman–Crippen MR) is 173 cm³/mol. The van der Waals surface area contributed by atoms with Crippen molar-refractivity contribution in [2.24, 2.45) is 0 Å². The highest BCUT2D eigenvalue weighted by atomic mass is 32.2. The van der Waals surface area contributed by atoms with Crippen molar-refractivity contribution in [1.82, 2.24) is 15.5 Å². The van der Waals surface area contributed by atoms with Crippen LogP contribution in [0, 0.1) is 6.92 Å². The molecule has 0 unspecified atom stereocenters. The number of thioether (sulfide) groups is 1. The van der Waals surface area contributed by atoms with Gasteiger partial charge in [-0.1, -0.05) is 80.1 Å². The number of nitrogens with zero attached hydrogens (tertiary/aromatic N) is 1. The molecule has 1 aliphatic heterocycles. The van der Waals surface area contributed by atoms with Gasteiger partial charge in [0.05, 0.1) is 11.9 Å². The third-order valence-corrected chi connectivity index (χ3v) is 9.45. The Hall–Kier alpha value is -3.62. The summed E-state index contributed by atoms with van der Waals surface area (Å²) < 4.78 is -0.567. The third kappa shape index (κ3) is 8.27. The van der Waals surface area contributed by atoms with Gasteiger partial charge in [-0.15, -0.1) is 11.8 Å². The quantitative estimate of drug-likeness (QED) is 0.270. The van der Waals surface area contributed by atoms with Gasteiger partial charge >= 0.3 is 0 Å². The molecule has 3 amide bonds. The van der Waals surface area contributed by atoms with Crippen molar-refractivity contribution in [3.8, 4) is 0 Å². The Bertz CT molecular complexity index is 1390. The number of rotatable bonds is 12. The van der Waals surface area contributed by atoms with E-state index in [4.69, 9.17) is 0 Å². The minimum absolute atomic E-state index is 0.253. The molecule has 1 heterocycles. The molecule has 1 saturated heterocycles. The van der Waals surface area contributed by atoms with Crippen LogP contribution >= 0.6 is 11.8 Å². The van der Waals surface area contributed by atoms with Crippen LogP contribution in [0.15, 0.2) is 78.9 Å². The zero-order chi connectivity index (χ0) is 31.0. The van der Waals surface area contributed by atoms with Crippen LogP contribution in [0.2, 0.25) is 0 Å². The fourth-order valence-corrected chi connectivity index (χ4v) is 6.55. The van der Waals surface area contributed by atoms with Crippen LogP contribution in [0.4, 0.5) is 0 Å². The van der Waals surface area contributed by atoms with Crippen molar-refractivity contribution in [2.75, 3.05) is 5.88 Å². The first kappa shape index (κ1) is 32.3. The third-order valence-electron chi connectivity index (χ3n) is 8.08. The monoisotopic (exact) mass is 601 g/mol. The van der Waals surface area contributed by atoms with E-state index in [9.17, 15) is 19.5 Å². The van der Waals surface area contributed by atoms with Crippen LogP contribution in [-0.2, 0) is 29.0 Å². The first-order valence-corrected chi connectivity index (χ1v) is 16.0. The van der Waals surface area contributed by atoms with E-state index in [0.29, 0.717) is 12.1 Å². The summed E-state index contributed by atoms with van der Waals surface area (Å²) in [6.07, 6.45) is 1.83. The molecule has 0 spiro atoms. The van der Waals surface area contributed by atoms with Crippen LogP contribution in [0.1, 0.15) is 66.2 Å². The molecule has 0 aromatic heterocycles. The van der Waals surface area contributed by atoms with Crippen molar-refractivity contribution in [3.63, 3.8) is 0 Å². The van der Waals surface area contributed by atoms with E-state index in [2.05, 4.69) is 17.6 Å². The molecular weight excluding hydrogens is 558 g/mol. The van der Waals surface area contributed by atoms with Crippen molar-refractivity contribution >= 4 is 29.5 Å². The molecule has 7 nitrogen and oxygen atoms in total. The molecule has 3 atom stereocenters. The second kappa shape index (κ2) is 14.7. The molecule has 3 aromatic rings. The summed E-state index contributed by atoms with van der Waals surface area (Å²) in [5.74, 6) is -0.953. The highest BCUT2D eigenvalue weighted by Gasteiger charge is 2.49. The fourth-order valence-electron chi connectivity index (χ4n) is 5.41. The summed E-state index contributed by atoms with van der Waals surface area (Å²) in [7, 11) is 0. The van der Waals surface area contributed by atoms with E-state index in [1.807, 2.05) is 87.5 Å². The number of aliphatic hydroxyl groups excluding tert-OH is 1. The summed E-state index contributed by atoms with van der Waals surface area (Å²) in [6, 6.07) is 23.1. The Balaban J connectivity index is 1.52. The van der Waals surface area contributed by atoms with Gasteiger partial charge in [0.2, 0.25) is 5.91 Å². The molecule has 228 valence electrons. The number of carbonyl (C=O) groups excluding carboxylic acids is 3. The Morgan fingerprint density at radius 2 is 1.65 bits per heavy atom. The second-order valence-electron chi connectivity index (χ2n) is 11.7. The van der Waals surface area contributed by atoms with Crippen molar-refractivity contribution in [1.29, 1.82) is 0 Å². The van der Waals surface area contributed by atoms with Gasteiger partial charge < -0.3 is 20.6 Å². The smallest absolute Gasteiger partial charge is 0.254 e. The van der Waals surface area contributed by atoms with Crippen molar-refractivity contribution in [2.45, 2.75) is 82.9 Å². The lowest BCUT2D eigenvalue weighted by molar-refractivity contribution is -0.147. The summed E-state index contributed by atoms with van der Waals surface area (Å²) >= 11 is 1.49. The molecule has 0 bridgehead atoms. The van der Waals surface area contributed by atoms with E-state index in [-0.39, 0.29) is 24.1 Å². The molecule has 43 heavy (non-hydrogen) atoms. The molecule has 1 fully saturated rings. The van der Waals surface area contributed by atoms with Crippen LogP contribution in [0.3, 0.4) is 0 Å². The lowest BCUT2D eigenvalue weighted by atomic mass is 9.96. The Labute approximate surface area is 259 Å². The summed E-state index contributed by atoms with van der Waals surface area (Å²) in [5.41, 5.74) is 4.57. The minimum atomic E-state index is -1.55. The Morgan fingerprint density at radius 1 is 0.977 bits per heavy atom. The van der Waals surface area contributed by atoms with Gasteiger partial charge in [0.25, 0.3) is 11.8 Å². The average molecular weight is 602 g/mol. The topological polar surface area (TPSA) is 98.7 Å². The van der Waals surface area contributed by atoms with Gasteiger partial charge in [-0.25, -0.2) is 0 Å². The zero-order valence-electron chi connectivity index (χ0n) is 25.5. The number of aliphatic hydroxyl groups is 1. The molecule has 0 saturated carbocycles. The lowest BCUT2D eigenvalue weighted by Gasteiger charge is -2.33. The van der Waals surface area contributed by atoms with E-state index < -0.39 is 28.8 Å². The van der Waals surface area contributed by atoms with E-state index >= 15 is 0 Å². The van der Waals surface area contributed by atoms with Gasteiger partial charge in [-0.05, 0) is 74.4 Å². The fraction of sp³-hybridized carbons (Fsp3) is 0.400. The molecule has 3 N–H and O–H groups in total. The second-order valence-corrected chi connectivity index (χ2v) is 13.3. The molecule has 8 heteroatoms. The van der Waals surface area contributed by atoms with Crippen LogP contribution < -0.4 is 10.6 Å². The number of nitrogens with one attached hydrogen (secondary N) is 2. The Kier molecular flexibility index (Phi) is 11.0. The van der Waals surface area contributed by atoms with E-state index in [0.717, 1.165) is 41.5 Å². The van der Waals surface area contributed by atoms with Gasteiger partial charge in [-0.2, -0.15) is 0 Å². The molecule has 0 aliphatic carbocycles. The van der Waals surface area contributed by atoms with Crippen LogP contribution in [0.5, 0.6) is 0 Å². The molecular formula is C35H43N3O4S. The molecule has 0 radical (unpaired) electrons. The highest BCUT2D eigenvalue weighted by Crippen LogP contribution is 2.40. The number of unbranched alkanes of at least 4 members (excludes halogenated alkanes) is 1. The van der Waals surface area contributed by atoms with E-state index in [1.165, 1.54) is 16.7 Å². The maximum absolute atomic E-state index is 13.9. The minimum Gasteiger partial charge on any atom is -0.381 e. The summed E-state index contributed by atoms with van der Waals surface area (Å²) in [4.78, 5) is 42.2. The molecule has 4 rings (SSSR count). The number of hydrogen-bond donors (Lipinski definition) is 3. The first-order valence-electron chi connectivity index (χ1n) is 15.0. The SMILES string of the molecule is CCCCc1ccc(C(=O)N[C@@H](Cc2ccccc2)[C@H](O)C(=O)N2CSC(C)(C)[C@H]2C(=O)NCc2ccccc2C)cc1. The van der Waals surface area contributed by atoms with E-state index in [1.54, 1.807) is 12.1 Å². The maximum atomic E-state index is 13.9.